The summed E-state index contributed by atoms with van der Waals surface area (Å²) in [6.45, 7) is 2.00. The fourth-order valence-corrected chi connectivity index (χ4v) is 1.78. The number of aliphatic hydroxyl groups is 1. The summed E-state index contributed by atoms with van der Waals surface area (Å²) < 4.78 is 5.11. The lowest BCUT2D eigenvalue weighted by atomic mass is 10.2. The number of hydrogen-bond donors (Lipinski definition) is 1. The van der Waals surface area contributed by atoms with Crippen molar-refractivity contribution in [1.29, 1.82) is 0 Å². The van der Waals surface area contributed by atoms with Crippen LogP contribution in [0.2, 0.25) is 0 Å². The minimum absolute atomic E-state index is 0.716. The van der Waals surface area contributed by atoms with Crippen LogP contribution in [-0.4, -0.2) is 10.7 Å². The predicted octanol–water partition coefficient (Wildman–Crippen LogP) is 1.76. The van der Waals surface area contributed by atoms with Gasteiger partial charge in [0.05, 0.1) is 4.90 Å². The van der Waals surface area contributed by atoms with E-state index in [1.807, 2.05) is 25.1 Å². The van der Waals surface area contributed by atoms with Crippen molar-refractivity contribution in [2.75, 3.05) is 0 Å². The highest BCUT2D eigenvalue weighted by molar-refractivity contribution is 8.00. The van der Waals surface area contributed by atoms with E-state index in [1.54, 1.807) is 0 Å². The van der Waals surface area contributed by atoms with Crippen LogP contribution in [0.4, 0.5) is 0 Å². The molecule has 0 aromatic heterocycles. The van der Waals surface area contributed by atoms with E-state index in [1.165, 1.54) is 11.8 Å². The first-order valence-electron chi connectivity index (χ1n) is 3.38. The van der Waals surface area contributed by atoms with Crippen LogP contribution in [0.3, 0.4) is 0 Å². The molecule has 58 valence electrons. The monoisotopic (exact) mass is 168 g/mol. The Morgan fingerprint density at radius 1 is 1.55 bits per heavy atom. The van der Waals surface area contributed by atoms with E-state index in [0.29, 0.717) is 0 Å². The van der Waals surface area contributed by atoms with Crippen molar-refractivity contribution in [1.82, 2.24) is 0 Å². The third kappa shape index (κ3) is 1.21. The molecule has 1 aliphatic rings. The maximum absolute atomic E-state index is 9.08. The third-order valence-electron chi connectivity index (χ3n) is 1.55. The fraction of sp³-hybridized carbons (Fsp3) is 0.250. The quantitative estimate of drug-likeness (QED) is 0.640. The minimum atomic E-state index is -0.716. The SMILES string of the molecule is Cc1ccc2c(c1)OC(O)S2. The predicted molar refractivity (Wildman–Crippen MR) is 43.7 cm³/mol. The maximum Gasteiger partial charge on any atom is 0.251 e. The van der Waals surface area contributed by atoms with Gasteiger partial charge in [0, 0.05) is 0 Å². The lowest BCUT2D eigenvalue weighted by molar-refractivity contribution is 0.0683. The Balaban J connectivity index is 2.43. The molecule has 0 spiro atoms. The molecular formula is C8H8O2S. The second-order valence-electron chi connectivity index (χ2n) is 2.49. The standard InChI is InChI=1S/C8H8O2S/c1-5-2-3-7-6(4-5)10-8(9)11-7/h2-4,8-9H,1H3. The number of aliphatic hydroxyl groups excluding tert-OH is 1. The van der Waals surface area contributed by atoms with E-state index in [9.17, 15) is 0 Å². The van der Waals surface area contributed by atoms with E-state index >= 15 is 0 Å². The van der Waals surface area contributed by atoms with E-state index in [-0.39, 0.29) is 0 Å². The second kappa shape index (κ2) is 2.43. The summed E-state index contributed by atoms with van der Waals surface area (Å²) in [5, 5.41) is 9.08. The van der Waals surface area contributed by atoms with Crippen molar-refractivity contribution in [3.63, 3.8) is 0 Å². The molecule has 0 saturated carbocycles. The molecule has 0 amide bonds. The van der Waals surface area contributed by atoms with Crippen LogP contribution in [0, 0.1) is 6.92 Å². The molecule has 0 radical (unpaired) electrons. The molecule has 1 aromatic rings. The first-order valence-corrected chi connectivity index (χ1v) is 4.26. The Kier molecular flexibility index (Phi) is 1.55. The van der Waals surface area contributed by atoms with Crippen LogP contribution in [0.5, 0.6) is 5.75 Å². The molecule has 1 aliphatic heterocycles. The van der Waals surface area contributed by atoms with E-state index in [2.05, 4.69) is 0 Å². The van der Waals surface area contributed by atoms with Gasteiger partial charge in [-0.3, -0.25) is 0 Å². The molecule has 2 nitrogen and oxygen atoms in total. The number of thioether (sulfide) groups is 1. The summed E-state index contributed by atoms with van der Waals surface area (Å²) in [7, 11) is 0. The fourth-order valence-electron chi connectivity index (χ4n) is 1.05. The van der Waals surface area contributed by atoms with Crippen molar-refractivity contribution < 1.29 is 9.84 Å². The summed E-state index contributed by atoms with van der Waals surface area (Å²) in [4.78, 5) is 1.02. The van der Waals surface area contributed by atoms with Gasteiger partial charge >= 0.3 is 0 Å². The zero-order valence-electron chi connectivity index (χ0n) is 6.07. The average molecular weight is 168 g/mol. The van der Waals surface area contributed by atoms with Crippen molar-refractivity contribution in [2.24, 2.45) is 0 Å². The Bertz CT molecular complexity index is 285. The topological polar surface area (TPSA) is 29.5 Å². The summed E-state index contributed by atoms with van der Waals surface area (Å²) >= 11 is 1.33. The van der Waals surface area contributed by atoms with Gasteiger partial charge in [-0.1, -0.05) is 6.07 Å². The number of rotatable bonds is 0. The summed E-state index contributed by atoms with van der Waals surface area (Å²) in [6.07, 6.45) is 0. The van der Waals surface area contributed by atoms with Crippen LogP contribution >= 0.6 is 11.8 Å². The van der Waals surface area contributed by atoms with E-state index < -0.39 is 5.62 Å². The average Bonchev–Trinajstić information content (AvgIpc) is 2.27. The smallest absolute Gasteiger partial charge is 0.251 e. The molecule has 0 aliphatic carbocycles. The number of benzene rings is 1. The molecule has 1 heterocycles. The van der Waals surface area contributed by atoms with Gasteiger partial charge in [-0.25, -0.2) is 0 Å². The highest BCUT2D eigenvalue weighted by atomic mass is 32.2. The van der Waals surface area contributed by atoms with E-state index in [0.717, 1.165) is 16.2 Å². The summed E-state index contributed by atoms with van der Waals surface area (Å²) in [6, 6.07) is 5.90. The van der Waals surface area contributed by atoms with Crippen molar-refractivity contribution in [2.45, 2.75) is 17.4 Å². The van der Waals surface area contributed by atoms with Gasteiger partial charge in [-0.2, -0.15) is 0 Å². The Morgan fingerprint density at radius 3 is 3.18 bits per heavy atom. The molecule has 1 atom stereocenters. The minimum Gasteiger partial charge on any atom is -0.454 e. The summed E-state index contributed by atoms with van der Waals surface area (Å²) in [5.41, 5.74) is 0.435. The Hall–Kier alpha value is -0.670. The van der Waals surface area contributed by atoms with Gasteiger partial charge in [-0.05, 0) is 36.4 Å². The van der Waals surface area contributed by atoms with Crippen LogP contribution in [-0.2, 0) is 0 Å². The normalized spacial score (nSPS) is 21.1. The van der Waals surface area contributed by atoms with Gasteiger partial charge in [0.25, 0.3) is 5.62 Å². The van der Waals surface area contributed by atoms with Gasteiger partial charge in [0.15, 0.2) is 0 Å². The van der Waals surface area contributed by atoms with Crippen LogP contribution in [0.1, 0.15) is 5.56 Å². The molecule has 0 fully saturated rings. The van der Waals surface area contributed by atoms with Crippen LogP contribution < -0.4 is 4.74 Å². The molecule has 1 unspecified atom stereocenters. The first-order chi connectivity index (χ1) is 5.25. The van der Waals surface area contributed by atoms with Gasteiger partial charge in [0.1, 0.15) is 5.75 Å². The van der Waals surface area contributed by atoms with Crippen molar-refractivity contribution in [3.8, 4) is 5.75 Å². The highest BCUT2D eigenvalue weighted by Gasteiger charge is 2.20. The van der Waals surface area contributed by atoms with Crippen LogP contribution in [0.15, 0.2) is 23.1 Å². The van der Waals surface area contributed by atoms with Crippen molar-refractivity contribution >= 4 is 11.8 Å². The molecule has 0 saturated heterocycles. The zero-order valence-corrected chi connectivity index (χ0v) is 6.89. The van der Waals surface area contributed by atoms with Gasteiger partial charge in [-0.15, -0.1) is 0 Å². The van der Waals surface area contributed by atoms with Gasteiger partial charge in [0.2, 0.25) is 0 Å². The first kappa shape index (κ1) is 7.00. The molecular weight excluding hydrogens is 160 g/mol. The number of fused-ring (bicyclic) bond motifs is 1. The lowest BCUT2D eigenvalue weighted by Gasteiger charge is -1.99. The second-order valence-corrected chi connectivity index (χ2v) is 3.57. The molecule has 3 heteroatoms. The summed E-state index contributed by atoms with van der Waals surface area (Å²) in [5.74, 6) is 0.794. The van der Waals surface area contributed by atoms with Crippen LogP contribution in [0.25, 0.3) is 0 Å². The number of hydrogen-bond acceptors (Lipinski definition) is 3. The van der Waals surface area contributed by atoms with E-state index in [4.69, 9.17) is 9.84 Å². The Labute approximate surface area is 69.2 Å². The number of aryl methyl sites for hydroxylation is 1. The maximum atomic E-state index is 9.08. The largest absolute Gasteiger partial charge is 0.454 e. The molecule has 0 bridgehead atoms. The Morgan fingerprint density at radius 2 is 2.36 bits per heavy atom. The molecule has 1 N–H and O–H groups in total. The lowest BCUT2D eigenvalue weighted by Crippen LogP contribution is -2.03. The number of ether oxygens (including phenoxy) is 1. The highest BCUT2D eigenvalue weighted by Crippen LogP contribution is 2.39. The molecule has 11 heavy (non-hydrogen) atoms. The third-order valence-corrected chi connectivity index (χ3v) is 2.44. The molecule has 1 aromatic carbocycles. The zero-order chi connectivity index (χ0) is 7.84. The van der Waals surface area contributed by atoms with Gasteiger partial charge < -0.3 is 9.84 Å². The molecule has 2 rings (SSSR count). The van der Waals surface area contributed by atoms with Crippen molar-refractivity contribution in [3.05, 3.63) is 23.8 Å².